The maximum atomic E-state index is 13.0. The molecule has 0 radical (unpaired) electrons. The van der Waals surface area contributed by atoms with Gasteiger partial charge in [-0.15, -0.1) is 0 Å². The number of H-pyrrole nitrogens is 1. The van der Waals surface area contributed by atoms with E-state index in [9.17, 15) is 4.79 Å². The van der Waals surface area contributed by atoms with Crippen LogP contribution in [0.5, 0.6) is 0 Å². The van der Waals surface area contributed by atoms with Gasteiger partial charge in [0.05, 0.1) is 6.20 Å². The van der Waals surface area contributed by atoms with Crippen LogP contribution >= 0.6 is 0 Å². The molecule has 3 heterocycles. The average molecular weight is 542 g/mol. The third-order valence-electron chi connectivity index (χ3n) is 8.35. The van der Waals surface area contributed by atoms with Gasteiger partial charge in [0, 0.05) is 43.0 Å². The first-order valence-corrected chi connectivity index (χ1v) is 14.1. The number of hydrogen-bond donors (Lipinski definition) is 3. The number of likely N-dealkylation sites (tertiary alicyclic amines) is 1. The number of pyridine rings is 1. The van der Waals surface area contributed by atoms with Gasteiger partial charge >= 0.3 is 11.8 Å². The highest BCUT2D eigenvalue weighted by atomic mass is 16.2. The molecule has 2 saturated heterocycles. The molecule has 2 aliphatic rings. The van der Waals surface area contributed by atoms with Crippen LogP contribution in [0.3, 0.4) is 0 Å². The SMILES string of the molecule is CN1CCC(N(C)C(=O)c2ccc(N/C(N)=N/c3[nH+]cccc3N3CCC(N)(c4ccccc4)CC3)cc2)CC1. The summed E-state index contributed by atoms with van der Waals surface area (Å²) in [6, 6.07) is 22.0. The summed E-state index contributed by atoms with van der Waals surface area (Å²) in [5.74, 6) is 0.991. The van der Waals surface area contributed by atoms with E-state index in [0.29, 0.717) is 11.4 Å². The monoisotopic (exact) mass is 541 g/mol. The molecule has 3 aromatic rings. The first kappa shape index (κ1) is 27.6. The Morgan fingerprint density at radius 1 is 1.00 bits per heavy atom. The van der Waals surface area contributed by atoms with Crippen molar-refractivity contribution in [2.75, 3.05) is 50.5 Å². The Morgan fingerprint density at radius 2 is 1.68 bits per heavy atom. The fourth-order valence-electron chi connectivity index (χ4n) is 5.71. The van der Waals surface area contributed by atoms with Crippen molar-refractivity contribution in [3.8, 4) is 0 Å². The van der Waals surface area contributed by atoms with Crippen LogP contribution in [0.25, 0.3) is 0 Å². The second kappa shape index (κ2) is 12.1. The van der Waals surface area contributed by atoms with Gasteiger partial charge in [-0.05, 0) is 92.8 Å². The molecule has 210 valence electrons. The predicted molar refractivity (Wildman–Crippen MR) is 161 cm³/mol. The lowest BCUT2D eigenvalue weighted by molar-refractivity contribution is -0.362. The Labute approximate surface area is 236 Å². The Bertz CT molecular complexity index is 1310. The number of benzene rings is 2. The van der Waals surface area contributed by atoms with Crippen molar-refractivity contribution in [2.24, 2.45) is 16.5 Å². The van der Waals surface area contributed by atoms with Crippen LogP contribution in [0, 0.1) is 0 Å². The molecule has 0 bridgehead atoms. The predicted octanol–water partition coefficient (Wildman–Crippen LogP) is 3.18. The highest BCUT2D eigenvalue weighted by Crippen LogP contribution is 2.34. The number of anilines is 2. The van der Waals surface area contributed by atoms with E-state index in [1.807, 2.05) is 66.7 Å². The van der Waals surface area contributed by atoms with Crippen molar-refractivity contribution in [2.45, 2.75) is 37.3 Å². The molecule has 6 N–H and O–H groups in total. The number of hydrogen-bond acceptors (Lipinski definition) is 5. The molecule has 2 fully saturated rings. The first-order chi connectivity index (χ1) is 19.3. The average Bonchev–Trinajstić information content (AvgIpc) is 2.98. The minimum atomic E-state index is -0.324. The molecule has 1 amide bonds. The molecular formula is C31H41N8O+. The third-order valence-corrected chi connectivity index (χ3v) is 8.35. The number of nitrogens with one attached hydrogen (secondary N) is 2. The molecule has 1 aromatic heterocycles. The number of aromatic nitrogens is 1. The van der Waals surface area contributed by atoms with Crippen LogP contribution < -0.4 is 26.7 Å². The van der Waals surface area contributed by atoms with Crippen molar-refractivity contribution in [3.63, 3.8) is 0 Å². The van der Waals surface area contributed by atoms with Gasteiger partial charge in [-0.2, -0.15) is 0 Å². The smallest absolute Gasteiger partial charge is 0.348 e. The standard InChI is InChI=1S/C31H40N8O/c1-37-19-14-26(15-20-37)38(2)29(40)23-10-12-25(13-11-23)35-30(32)36-28-27(9-6-18-34-28)39-21-16-31(33,17-22-39)24-7-4-3-5-8-24/h3-13,18,26H,14-17,19-22,33H2,1-2H3,(H3,32,34,35,36)/p+1. The molecule has 0 unspecified atom stereocenters. The van der Waals surface area contributed by atoms with Gasteiger partial charge in [0.25, 0.3) is 5.91 Å². The second-order valence-corrected chi connectivity index (χ2v) is 11.1. The number of nitrogens with two attached hydrogens (primary N) is 2. The van der Waals surface area contributed by atoms with Crippen LogP contribution in [-0.2, 0) is 5.54 Å². The highest BCUT2D eigenvalue weighted by Gasteiger charge is 2.34. The molecule has 9 nitrogen and oxygen atoms in total. The van der Waals surface area contributed by atoms with E-state index in [0.717, 1.165) is 63.2 Å². The van der Waals surface area contributed by atoms with Crippen molar-refractivity contribution in [3.05, 3.63) is 84.1 Å². The molecule has 0 spiro atoms. The van der Waals surface area contributed by atoms with Gasteiger partial charge in [-0.3, -0.25) is 4.79 Å². The Morgan fingerprint density at radius 3 is 2.35 bits per heavy atom. The zero-order chi connectivity index (χ0) is 28.1. The Balaban J connectivity index is 1.22. The molecule has 0 aliphatic carbocycles. The van der Waals surface area contributed by atoms with Crippen molar-refractivity contribution < 1.29 is 9.78 Å². The van der Waals surface area contributed by atoms with Gasteiger partial charge in [-0.1, -0.05) is 30.3 Å². The van der Waals surface area contributed by atoms with E-state index in [1.165, 1.54) is 5.56 Å². The number of nitrogens with zero attached hydrogens (tertiary/aromatic N) is 4. The van der Waals surface area contributed by atoms with Crippen LogP contribution in [0.2, 0.25) is 0 Å². The molecule has 5 rings (SSSR count). The summed E-state index contributed by atoms with van der Waals surface area (Å²) >= 11 is 0. The maximum absolute atomic E-state index is 13.0. The summed E-state index contributed by atoms with van der Waals surface area (Å²) in [5, 5.41) is 3.16. The van der Waals surface area contributed by atoms with E-state index >= 15 is 0 Å². The summed E-state index contributed by atoms with van der Waals surface area (Å²) < 4.78 is 0. The Kier molecular flexibility index (Phi) is 8.32. The summed E-state index contributed by atoms with van der Waals surface area (Å²) in [7, 11) is 4.03. The minimum Gasteiger partial charge on any atom is -0.365 e. The van der Waals surface area contributed by atoms with Crippen molar-refractivity contribution >= 4 is 29.1 Å². The van der Waals surface area contributed by atoms with Gasteiger partial charge in [0.2, 0.25) is 0 Å². The van der Waals surface area contributed by atoms with Crippen LogP contribution in [0.15, 0.2) is 77.9 Å². The maximum Gasteiger partial charge on any atom is 0.348 e. The number of guanidine groups is 1. The number of piperidine rings is 2. The minimum absolute atomic E-state index is 0.0431. The normalized spacial score (nSPS) is 18.4. The number of amides is 1. The number of aliphatic imine (C=N–C) groups is 1. The fourth-order valence-corrected chi connectivity index (χ4v) is 5.71. The van der Waals surface area contributed by atoms with Gasteiger partial charge in [0.1, 0.15) is 5.69 Å². The van der Waals surface area contributed by atoms with Gasteiger partial charge in [0.15, 0.2) is 0 Å². The zero-order valence-corrected chi connectivity index (χ0v) is 23.5. The summed E-state index contributed by atoms with van der Waals surface area (Å²) in [5.41, 5.74) is 16.4. The molecule has 2 aromatic carbocycles. The van der Waals surface area contributed by atoms with E-state index in [-0.39, 0.29) is 23.4 Å². The number of aromatic amines is 1. The fraction of sp³-hybridized carbons (Fsp3) is 0.387. The van der Waals surface area contributed by atoms with Gasteiger partial charge < -0.3 is 31.5 Å². The molecule has 40 heavy (non-hydrogen) atoms. The third kappa shape index (κ3) is 6.26. The van der Waals surface area contributed by atoms with Crippen LogP contribution in [0.4, 0.5) is 17.2 Å². The van der Waals surface area contributed by atoms with E-state index < -0.39 is 0 Å². The quantitative estimate of drug-likeness (QED) is 0.326. The number of carbonyl (C=O) groups is 1. The lowest BCUT2D eigenvalue weighted by atomic mass is 9.82. The second-order valence-electron chi connectivity index (χ2n) is 11.1. The summed E-state index contributed by atoms with van der Waals surface area (Å²) in [4.78, 5) is 27.4. The largest absolute Gasteiger partial charge is 0.365 e. The van der Waals surface area contributed by atoms with E-state index in [1.54, 1.807) is 0 Å². The van der Waals surface area contributed by atoms with E-state index in [2.05, 4.69) is 50.3 Å². The lowest BCUT2D eigenvalue weighted by Gasteiger charge is -2.40. The van der Waals surface area contributed by atoms with Crippen LogP contribution in [0.1, 0.15) is 41.6 Å². The Hall–Kier alpha value is -3.95. The van der Waals surface area contributed by atoms with Crippen molar-refractivity contribution in [1.82, 2.24) is 9.80 Å². The molecule has 2 aliphatic heterocycles. The molecule has 0 atom stereocenters. The molecule has 0 saturated carbocycles. The lowest BCUT2D eigenvalue weighted by Crippen LogP contribution is -2.48. The topological polar surface area (TPSA) is 117 Å². The molecular weight excluding hydrogens is 500 g/mol. The van der Waals surface area contributed by atoms with Crippen molar-refractivity contribution in [1.29, 1.82) is 0 Å². The summed E-state index contributed by atoms with van der Waals surface area (Å²) in [6.45, 7) is 3.67. The van der Waals surface area contributed by atoms with Gasteiger partial charge in [-0.25, -0.2) is 4.98 Å². The molecule has 9 heteroatoms. The summed E-state index contributed by atoms with van der Waals surface area (Å²) in [6.07, 6.45) is 5.54. The first-order valence-electron chi connectivity index (χ1n) is 14.1. The number of carbonyl (C=O) groups excluding carboxylic acids is 1. The zero-order valence-electron chi connectivity index (χ0n) is 23.5. The van der Waals surface area contributed by atoms with Crippen LogP contribution in [-0.4, -0.2) is 68.0 Å². The number of rotatable bonds is 6. The highest BCUT2D eigenvalue weighted by molar-refractivity contribution is 5.97. The van der Waals surface area contributed by atoms with E-state index in [4.69, 9.17) is 11.5 Å².